The first-order valence-electron chi connectivity index (χ1n) is 5.44. The highest BCUT2D eigenvalue weighted by molar-refractivity contribution is 5.72. The van der Waals surface area contributed by atoms with Crippen molar-refractivity contribution < 1.29 is 14.3 Å². The Balaban J connectivity index is 1.94. The SMILES string of the molecule is COC(=O)[C@@H]1CC[C@H]2O[C@@H](C)C[C@H]2C1. The maximum atomic E-state index is 11.4. The lowest BCUT2D eigenvalue weighted by molar-refractivity contribution is -0.147. The molecule has 14 heavy (non-hydrogen) atoms. The molecule has 4 atom stereocenters. The monoisotopic (exact) mass is 198 g/mol. The summed E-state index contributed by atoms with van der Waals surface area (Å²) in [5.74, 6) is 0.668. The van der Waals surface area contributed by atoms with Gasteiger partial charge in [0, 0.05) is 0 Å². The van der Waals surface area contributed by atoms with Crippen LogP contribution in [0.25, 0.3) is 0 Å². The van der Waals surface area contributed by atoms with Gasteiger partial charge in [0.1, 0.15) is 0 Å². The molecule has 3 nitrogen and oxygen atoms in total. The molecule has 0 amide bonds. The van der Waals surface area contributed by atoms with Gasteiger partial charge < -0.3 is 9.47 Å². The van der Waals surface area contributed by atoms with E-state index in [1.165, 1.54) is 7.11 Å². The lowest BCUT2D eigenvalue weighted by Gasteiger charge is -2.28. The van der Waals surface area contributed by atoms with Crippen LogP contribution in [0, 0.1) is 11.8 Å². The van der Waals surface area contributed by atoms with Crippen molar-refractivity contribution in [2.75, 3.05) is 7.11 Å². The Bertz CT molecular complexity index is 227. The van der Waals surface area contributed by atoms with Gasteiger partial charge in [0.25, 0.3) is 0 Å². The lowest BCUT2D eigenvalue weighted by Crippen LogP contribution is -2.30. The van der Waals surface area contributed by atoms with Crippen molar-refractivity contribution in [3.05, 3.63) is 0 Å². The number of methoxy groups -OCH3 is 1. The van der Waals surface area contributed by atoms with E-state index in [4.69, 9.17) is 9.47 Å². The Morgan fingerprint density at radius 2 is 2.14 bits per heavy atom. The summed E-state index contributed by atoms with van der Waals surface area (Å²) in [5.41, 5.74) is 0. The van der Waals surface area contributed by atoms with Crippen LogP contribution in [0.5, 0.6) is 0 Å². The average molecular weight is 198 g/mol. The second-order valence-electron chi connectivity index (χ2n) is 4.51. The maximum Gasteiger partial charge on any atom is 0.308 e. The Morgan fingerprint density at radius 1 is 1.36 bits per heavy atom. The van der Waals surface area contributed by atoms with Crippen LogP contribution in [0.2, 0.25) is 0 Å². The summed E-state index contributed by atoms with van der Waals surface area (Å²) in [7, 11) is 1.47. The summed E-state index contributed by atoms with van der Waals surface area (Å²) >= 11 is 0. The fourth-order valence-corrected chi connectivity index (χ4v) is 2.82. The predicted molar refractivity (Wildman–Crippen MR) is 51.8 cm³/mol. The van der Waals surface area contributed by atoms with Gasteiger partial charge in [-0.2, -0.15) is 0 Å². The third-order valence-corrected chi connectivity index (χ3v) is 3.49. The van der Waals surface area contributed by atoms with E-state index in [0.29, 0.717) is 18.1 Å². The standard InChI is InChI=1S/C11H18O3/c1-7-5-9-6-8(11(12)13-2)3-4-10(9)14-7/h7-10H,3-6H2,1-2H3/t7-,8+,9-,10+/m0/s1. The highest BCUT2D eigenvalue weighted by Crippen LogP contribution is 2.40. The molecule has 80 valence electrons. The second kappa shape index (κ2) is 3.89. The third-order valence-electron chi connectivity index (χ3n) is 3.49. The first-order chi connectivity index (χ1) is 6.70. The molecular weight excluding hydrogens is 180 g/mol. The molecule has 3 heteroatoms. The van der Waals surface area contributed by atoms with Crippen LogP contribution in [0.4, 0.5) is 0 Å². The minimum Gasteiger partial charge on any atom is -0.469 e. The minimum atomic E-state index is -0.0389. The van der Waals surface area contributed by atoms with Crippen molar-refractivity contribution in [1.29, 1.82) is 0 Å². The summed E-state index contributed by atoms with van der Waals surface area (Å²) in [6.45, 7) is 2.12. The van der Waals surface area contributed by atoms with E-state index >= 15 is 0 Å². The van der Waals surface area contributed by atoms with E-state index in [0.717, 1.165) is 25.7 Å². The van der Waals surface area contributed by atoms with Gasteiger partial charge in [0.05, 0.1) is 25.2 Å². The van der Waals surface area contributed by atoms with Crippen molar-refractivity contribution in [3.63, 3.8) is 0 Å². The van der Waals surface area contributed by atoms with Gasteiger partial charge in [0.2, 0.25) is 0 Å². The molecule has 0 aromatic rings. The molecule has 1 aliphatic heterocycles. The van der Waals surface area contributed by atoms with Gasteiger partial charge in [-0.1, -0.05) is 0 Å². The molecule has 0 spiro atoms. The molecule has 2 rings (SSSR count). The van der Waals surface area contributed by atoms with E-state index in [-0.39, 0.29) is 11.9 Å². The third kappa shape index (κ3) is 1.78. The fraction of sp³-hybridized carbons (Fsp3) is 0.909. The molecular formula is C11H18O3. The molecule has 0 N–H and O–H groups in total. The molecule has 1 saturated carbocycles. The number of hydrogen-bond donors (Lipinski definition) is 0. The maximum absolute atomic E-state index is 11.4. The Hall–Kier alpha value is -0.570. The van der Waals surface area contributed by atoms with Gasteiger partial charge >= 0.3 is 5.97 Å². The van der Waals surface area contributed by atoms with Crippen LogP contribution in [0.3, 0.4) is 0 Å². The Kier molecular flexibility index (Phi) is 2.77. The predicted octanol–water partition coefficient (Wildman–Crippen LogP) is 1.75. The van der Waals surface area contributed by atoms with Crippen molar-refractivity contribution >= 4 is 5.97 Å². The lowest BCUT2D eigenvalue weighted by atomic mass is 9.79. The number of fused-ring (bicyclic) bond motifs is 1. The highest BCUT2D eigenvalue weighted by Gasteiger charge is 2.40. The first-order valence-corrected chi connectivity index (χ1v) is 5.44. The summed E-state index contributed by atoms with van der Waals surface area (Å²) in [5, 5.41) is 0. The molecule has 0 bridgehead atoms. The topological polar surface area (TPSA) is 35.5 Å². The van der Waals surface area contributed by atoms with E-state index < -0.39 is 0 Å². The number of carbonyl (C=O) groups is 1. The molecule has 0 aromatic carbocycles. The fourth-order valence-electron chi connectivity index (χ4n) is 2.82. The minimum absolute atomic E-state index is 0.0389. The van der Waals surface area contributed by atoms with Crippen LogP contribution < -0.4 is 0 Å². The van der Waals surface area contributed by atoms with Crippen LogP contribution in [-0.2, 0) is 14.3 Å². The summed E-state index contributed by atoms with van der Waals surface area (Å²) < 4.78 is 10.6. The summed E-state index contributed by atoms with van der Waals surface area (Å²) in [6, 6.07) is 0. The molecule has 1 aliphatic carbocycles. The zero-order chi connectivity index (χ0) is 10.1. The number of rotatable bonds is 1. The van der Waals surface area contributed by atoms with Crippen LogP contribution in [-0.4, -0.2) is 25.3 Å². The summed E-state index contributed by atoms with van der Waals surface area (Å²) in [6.07, 6.45) is 4.81. The number of carbonyl (C=O) groups excluding carboxylic acids is 1. The Morgan fingerprint density at radius 3 is 2.86 bits per heavy atom. The molecule has 2 aliphatic rings. The van der Waals surface area contributed by atoms with E-state index in [1.807, 2.05) is 0 Å². The quantitative estimate of drug-likeness (QED) is 0.602. The normalized spacial score (nSPS) is 41.9. The van der Waals surface area contributed by atoms with Crippen LogP contribution >= 0.6 is 0 Å². The number of hydrogen-bond acceptors (Lipinski definition) is 3. The van der Waals surface area contributed by atoms with Crippen molar-refractivity contribution in [2.24, 2.45) is 11.8 Å². The van der Waals surface area contributed by atoms with Gasteiger partial charge in [-0.25, -0.2) is 0 Å². The average Bonchev–Trinajstić information content (AvgIpc) is 2.55. The van der Waals surface area contributed by atoms with Gasteiger partial charge in [-0.15, -0.1) is 0 Å². The smallest absolute Gasteiger partial charge is 0.308 e. The summed E-state index contributed by atoms with van der Waals surface area (Å²) in [4.78, 5) is 11.4. The zero-order valence-electron chi connectivity index (χ0n) is 8.86. The molecule has 2 fully saturated rings. The number of esters is 1. The van der Waals surface area contributed by atoms with Crippen LogP contribution in [0.15, 0.2) is 0 Å². The first kappa shape index (κ1) is 9.97. The van der Waals surface area contributed by atoms with E-state index in [2.05, 4.69) is 6.92 Å². The Labute approximate surface area is 84.8 Å². The second-order valence-corrected chi connectivity index (χ2v) is 4.51. The van der Waals surface area contributed by atoms with Gasteiger partial charge in [0.15, 0.2) is 0 Å². The highest BCUT2D eigenvalue weighted by atomic mass is 16.5. The largest absolute Gasteiger partial charge is 0.469 e. The van der Waals surface area contributed by atoms with Gasteiger partial charge in [-0.05, 0) is 38.5 Å². The molecule has 0 radical (unpaired) electrons. The zero-order valence-corrected chi connectivity index (χ0v) is 8.86. The van der Waals surface area contributed by atoms with E-state index in [1.54, 1.807) is 0 Å². The molecule has 1 heterocycles. The van der Waals surface area contributed by atoms with Crippen molar-refractivity contribution in [3.8, 4) is 0 Å². The van der Waals surface area contributed by atoms with Crippen molar-refractivity contribution in [1.82, 2.24) is 0 Å². The van der Waals surface area contributed by atoms with Crippen molar-refractivity contribution in [2.45, 2.75) is 44.8 Å². The molecule has 0 unspecified atom stereocenters. The molecule has 0 aromatic heterocycles. The van der Waals surface area contributed by atoms with Gasteiger partial charge in [-0.3, -0.25) is 4.79 Å². The van der Waals surface area contributed by atoms with E-state index in [9.17, 15) is 4.79 Å². The van der Waals surface area contributed by atoms with Crippen LogP contribution in [0.1, 0.15) is 32.6 Å². The number of ether oxygens (including phenoxy) is 2. The molecule has 1 saturated heterocycles.